The third-order valence-corrected chi connectivity index (χ3v) is 13.6. The van der Waals surface area contributed by atoms with Crippen LogP contribution < -0.4 is 0 Å². The highest BCUT2D eigenvalue weighted by atomic mass is 16.3. The Labute approximate surface area is 396 Å². The number of para-hydroxylation sites is 3. The second kappa shape index (κ2) is 15.6. The molecule has 4 aromatic heterocycles. The van der Waals surface area contributed by atoms with Crippen LogP contribution in [-0.2, 0) is 0 Å². The van der Waals surface area contributed by atoms with Crippen LogP contribution in [-0.4, -0.2) is 24.1 Å². The average Bonchev–Trinajstić information content (AvgIpc) is 4.08. The van der Waals surface area contributed by atoms with Gasteiger partial charge in [-0.1, -0.05) is 146 Å². The molecule has 0 amide bonds. The van der Waals surface area contributed by atoms with Crippen molar-refractivity contribution in [2.24, 2.45) is 0 Å². The molecule has 14 rings (SSSR count). The predicted molar refractivity (Wildman–Crippen MR) is 283 cm³/mol. The Bertz CT molecular complexity index is 4230. The first-order valence-electron chi connectivity index (χ1n) is 23.3. The van der Waals surface area contributed by atoms with Crippen molar-refractivity contribution in [3.05, 3.63) is 237 Å². The summed E-state index contributed by atoms with van der Waals surface area (Å²) in [5.41, 5.74) is 16.0. The summed E-state index contributed by atoms with van der Waals surface area (Å²) >= 11 is 0. The summed E-state index contributed by atoms with van der Waals surface area (Å²) in [5, 5.41) is 7.03. The third-order valence-electron chi connectivity index (χ3n) is 13.6. The number of rotatable bonds is 7. The molecule has 0 radical (unpaired) electrons. The van der Waals surface area contributed by atoms with E-state index in [0.29, 0.717) is 17.5 Å². The molecule has 0 aliphatic rings. The Morgan fingerprint density at radius 3 is 1.30 bits per heavy atom. The van der Waals surface area contributed by atoms with E-state index in [1.54, 1.807) is 0 Å². The quantitative estimate of drug-likeness (QED) is 0.160. The molecule has 0 saturated heterocycles. The summed E-state index contributed by atoms with van der Waals surface area (Å²) < 4.78 is 11.3. The van der Waals surface area contributed by atoms with Crippen LogP contribution in [0.25, 0.3) is 133 Å². The Kier molecular flexibility index (Phi) is 8.79. The Balaban J connectivity index is 0.860. The molecule has 0 fully saturated rings. The molecule has 10 aromatic carbocycles. The summed E-state index contributed by atoms with van der Waals surface area (Å²) in [6, 6.07) is 83.4. The van der Waals surface area contributed by atoms with Crippen LogP contribution in [0.15, 0.2) is 241 Å². The number of furan rings is 1. The van der Waals surface area contributed by atoms with Gasteiger partial charge in [-0.05, 0) is 113 Å². The van der Waals surface area contributed by atoms with E-state index in [-0.39, 0.29) is 0 Å². The van der Waals surface area contributed by atoms with Gasteiger partial charge in [0.05, 0.1) is 22.1 Å². The van der Waals surface area contributed by atoms with Gasteiger partial charge < -0.3 is 13.6 Å². The van der Waals surface area contributed by atoms with Gasteiger partial charge in [0, 0.05) is 60.4 Å². The van der Waals surface area contributed by atoms with E-state index in [0.717, 1.165) is 83.3 Å². The Morgan fingerprint density at radius 2 is 0.710 bits per heavy atom. The monoisotopic (exact) mass is 881 g/mol. The van der Waals surface area contributed by atoms with Gasteiger partial charge >= 0.3 is 0 Å². The Hall–Kier alpha value is -9.39. The van der Waals surface area contributed by atoms with Crippen molar-refractivity contribution in [2.45, 2.75) is 0 Å². The summed E-state index contributed by atoms with van der Waals surface area (Å²) in [7, 11) is 0. The number of benzene rings is 10. The van der Waals surface area contributed by atoms with Gasteiger partial charge in [-0.25, -0.2) is 15.0 Å². The number of aromatic nitrogens is 5. The molecule has 4 heterocycles. The topological polar surface area (TPSA) is 61.7 Å². The van der Waals surface area contributed by atoms with Gasteiger partial charge in [0.2, 0.25) is 0 Å². The van der Waals surface area contributed by atoms with Crippen molar-refractivity contribution >= 4 is 65.6 Å². The zero-order chi connectivity index (χ0) is 45.4. The summed E-state index contributed by atoms with van der Waals surface area (Å²) in [6.07, 6.45) is 0. The van der Waals surface area contributed by atoms with Crippen molar-refractivity contribution < 1.29 is 4.42 Å². The van der Waals surface area contributed by atoms with Gasteiger partial charge in [-0.2, -0.15) is 0 Å². The van der Waals surface area contributed by atoms with E-state index in [1.165, 1.54) is 32.6 Å². The van der Waals surface area contributed by atoms with Crippen molar-refractivity contribution in [1.29, 1.82) is 0 Å². The van der Waals surface area contributed by atoms with Crippen LogP contribution in [0.4, 0.5) is 0 Å². The number of nitrogens with zero attached hydrogens (tertiary/aromatic N) is 5. The molecule has 0 unspecified atom stereocenters. The fourth-order valence-corrected chi connectivity index (χ4v) is 10.4. The highest BCUT2D eigenvalue weighted by Crippen LogP contribution is 2.42. The molecule has 0 bridgehead atoms. The highest BCUT2D eigenvalue weighted by Gasteiger charge is 2.19. The number of hydrogen-bond acceptors (Lipinski definition) is 4. The lowest BCUT2D eigenvalue weighted by molar-refractivity contribution is 0.669. The minimum Gasteiger partial charge on any atom is -0.456 e. The number of hydrogen-bond donors (Lipinski definition) is 0. The van der Waals surface area contributed by atoms with E-state index < -0.39 is 0 Å². The molecule has 69 heavy (non-hydrogen) atoms. The maximum atomic E-state index is 6.59. The minimum atomic E-state index is 0.627. The molecule has 0 atom stereocenters. The lowest BCUT2D eigenvalue weighted by atomic mass is 9.96. The minimum absolute atomic E-state index is 0.627. The van der Waals surface area contributed by atoms with Crippen molar-refractivity contribution in [3.8, 4) is 67.8 Å². The van der Waals surface area contributed by atoms with Crippen LogP contribution in [0.2, 0.25) is 0 Å². The van der Waals surface area contributed by atoms with Gasteiger partial charge in [0.25, 0.3) is 0 Å². The van der Waals surface area contributed by atoms with E-state index in [9.17, 15) is 0 Å². The normalized spacial score (nSPS) is 11.8. The lowest BCUT2D eigenvalue weighted by Gasteiger charge is -2.11. The van der Waals surface area contributed by atoms with E-state index in [2.05, 4.69) is 185 Å². The van der Waals surface area contributed by atoms with Gasteiger partial charge in [0.1, 0.15) is 11.2 Å². The highest BCUT2D eigenvalue weighted by molar-refractivity contribution is 6.16. The van der Waals surface area contributed by atoms with Crippen LogP contribution in [0, 0.1) is 0 Å². The van der Waals surface area contributed by atoms with Crippen LogP contribution in [0.1, 0.15) is 0 Å². The zero-order valence-electron chi connectivity index (χ0n) is 37.2. The third kappa shape index (κ3) is 6.38. The average molecular weight is 882 g/mol. The van der Waals surface area contributed by atoms with Crippen molar-refractivity contribution in [3.63, 3.8) is 0 Å². The molecular formula is C63H39N5O. The molecule has 0 aliphatic carbocycles. The standard InChI is InChI=1S/C63H39N5O/c1-4-15-40(16-5-1)61-64-62(41-17-6-2-7-18-41)66-63(65-61)42-27-32-47(33-28-42)68-55-25-13-11-22-50(55)52-39-45(30-35-57(52)68)48-23-14-26-59-60(48)53-38-44(31-36-58(53)69-59)43-29-34-56-51(37-43)49-21-10-12-24-54(49)67(56)46-19-8-3-9-20-46/h1-39H. The molecule has 14 aromatic rings. The largest absolute Gasteiger partial charge is 0.456 e. The van der Waals surface area contributed by atoms with E-state index >= 15 is 0 Å². The van der Waals surface area contributed by atoms with Crippen LogP contribution in [0.5, 0.6) is 0 Å². The smallest absolute Gasteiger partial charge is 0.164 e. The Morgan fingerprint density at radius 1 is 0.275 bits per heavy atom. The molecule has 322 valence electrons. The van der Waals surface area contributed by atoms with E-state index in [1.807, 2.05) is 60.7 Å². The van der Waals surface area contributed by atoms with Crippen molar-refractivity contribution in [1.82, 2.24) is 24.1 Å². The molecule has 6 nitrogen and oxygen atoms in total. The molecule has 0 N–H and O–H groups in total. The first-order chi connectivity index (χ1) is 34.2. The predicted octanol–water partition coefficient (Wildman–Crippen LogP) is 16.3. The maximum Gasteiger partial charge on any atom is 0.164 e. The fourth-order valence-electron chi connectivity index (χ4n) is 10.4. The second-order valence-corrected chi connectivity index (χ2v) is 17.6. The molecule has 0 aliphatic heterocycles. The molecule has 0 spiro atoms. The first-order valence-corrected chi connectivity index (χ1v) is 23.3. The van der Waals surface area contributed by atoms with Crippen LogP contribution in [0.3, 0.4) is 0 Å². The van der Waals surface area contributed by atoms with Gasteiger partial charge in [0.15, 0.2) is 17.5 Å². The SMILES string of the molecule is c1ccc(-c2nc(-c3ccccc3)nc(-c3ccc(-n4c5ccccc5c5cc(-c6cccc7oc8ccc(-c9ccc%10c(c9)c9ccccc9n%10-c9ccccc9)cc8c67)ccc54)cc3)n2)cc1. The van der Waals surface area contributed by atoms with Gasteiger partial charge in [-0.3, -0.25) is 0 Å². The molecular weight excluding hydrogens is 843 g/mol. The van der Waals surface area contributed by atoms with Crippen molar-refractivity contribution in [2.75, 3.05) is 0 Å². The summed E-state index contributed by atoms with van der Waals surface area (Å²) in [5.74, 6) is 1.91. The van der Waals surface area contributed by atoms with Gasteiger partial charge in [-0.15, -0.1) is 0 Å². The first kappa shape index (κ1) is 38.8. The lowest BCUT2D eigenvalue weighted by Crippen LogP contribution is -2.00. The summed E-state index contributed by atoms with van der Waals surface area (Å²) in [4.78, 5) is 14.9. The molecule has 6 heteroatoms. The number of fused-ring (bicyclic) bond motifs is 9. The second-order valence-electron chi connectivity index (χ2n) is 17.6. The summed E-state index contributed by atoms with van der Waals surface area (Å²) in [6.45, 7) is 0. The fraction of sp³-hybridized carbons (Fsp3) is 0. The maximum absolute atomic E-state index is 6.59. The molecule has 0 saturated carbocycles. The van der Waals surface area contributed by atoms with E-state index in [4.69, 9.17) is 19.4 Å². The van der Waals surface area contributed by atoms with Crippen LogP contribution >= 0.6 is 0 Å². The zero-order valence-corrected chi connectivity index (χ0v) is 37.2.